The zero-order valence-corrected chi connectivity index (χ0v) is 8.18. The van der Waals surface area contributed by atoms with Gasteiger partial charge in [0.2, 0.25) is 0 Å². The van der Waals surface area contributed by atoms with Crippen molar-refractivity contribution < 1.29 is 4.79 Å². The third-order valence-electron chi connectivity index (χ3n) is 2.62. The number of nitrogens with zero attached hydrogens (tertiary/aromatic N) is 1. The fourth-order valence-electron chi connectivity index (χ4n) is 1.79. The van der Waals surface area contributed by atoms with Crippen LogP contribution in [-0.2, 0) is 4.79 Å². The largest absolute Gasteiger partial charge is 0.309 e. The summed E-state index contributed by atoms with van der Waals surface area (Å²) in [6.45, 7) is 0.912. The molecule has 0 aliphatic heterocycles. The molecule has 0 aromatic carbocycles. The average molecular weight is 169 g/mol. The molecule has 0 radical (unpaired) electrons. The maximum absolute atomic E-state index is 11.5. The molecule has 2 nitrogen and oxygen atoms in total. The average Bonchev–Trinajstić information content (AvgIpc) is 2.51. The highest BCUT2D eigenvalue weighted by Gasteiger charge is 2.21. The Bertz CT molecular complexity index is 148. The molecule has 0 spiro atoms. The van der Waals surface area contributed by atoms with Crippen molar-refractivity contribution in [1.82, 2.24) is 4.90 Å². The van der Waals surface area contributed by atoms with Crippen molar-refractivity contribution in [3.8, 4) is 0 Å². The predicted molar refractivity (Wildman–Crippen MR) is 50.1 cm³/mol. The van der Waals surface area contributed by atoms with Gasteiger partial charge in [-0.2, -0.15) is 0 Å². The Morgan fingerprint density at radius 1 is 1.33 bits per heavy atom. The summed E-state index contributed by atoms with van der Waals surface area (Å²) in [6, 6.07) is 0. The Hall–Kier alpha value is -0.370. The summed E-state index contributed by atoms with van der Waals surface area (Å²) in [4.78, 5) is 13.6. The summed E-state index contributed by atoms with van der Waals surface area (Å²) in [6.07, 6.45) is 5.56. The highest BCUT2D eigenvalue weighted by Crippen LogP contribution is 2.26. The van der Waals surface area contributed by atoms with E-state index in [1.54, 1.807) is 0 Å². The van der Waals surface area contributed by atoms with Crippen molar-refractivity contribution in [2.45, 2.75) is 32.1 Å². The van der Waals surface area contributed by atoms with E-state index in [2.05, 4.69) is 4.90 Å². The van der Waals surface area contributed by atoms with Crippen LogP contribution in [0.15, 0.2) is 0 Å². The molecule has 0 aromatic heterocycles. The summed E-state index contributed by atoms with van der Waals surface area (Å²) in [7, 11) is 4.03. The lowest BCUT2D eigenvalue weighted by molar-refractivity contribution is -0.122. The normalized spacial score (nSPS) is 18.9. The van der Waals surface area contributed by atoms with Crippen LogP contribution in [-0.4, -0.2) is 31.3 Å². The Labute approximate surface area is 74.9 Å². The van der Waals surface area contributed by atoms with Crippen LogP contribution in [0.2, 0.25) is 0 Å². The van der Waals surface area contributed by atoms with Crippen molar-refractivity contribution in [1.29, 1.82) is 0 Å². The van der Waals surface area contributed by atoms with E-state index < -0.39 is 0 Å². The SMILES string of the molecule is CN(C)CCC(=O)C1CCCC1. The molecule has 1 rings (SSSR count). The monoisotopic (exact) mass is 169 g/mol. The lowest BCUT2D eigenvalue weighted by Crippen LogP contribution is -2.20. The molecule has 0 unspecified atom stereocenters. The van der Waals surface area contributed by atoms with Crippen LogP contribution in [0.25, 0.3) is 0 Å². The van der Waals surface area contributed by atoms with E-state index in [1.165, 1.54) is 12.8 Å². The van der Waals surface area contributed by atoms with Gasteiger partial charge in [0, 0.05) is 18.9 Å². The van der Waals surface area contributed by atoms with Gasteiger partial charge in [0.1, 0.15) is 5.78 Å². The van der Waals surface area contributed by atoms with Gasteiger partial charge >= 0.3 is 0 Å². The van der Waals surface area contributed by atoms with Crippen molar-refractivity contribution >= 4 is 5.78 Å². The van der Waals surface area contributed by atoms with Gasteiger partial charge in [-0.15, -0.1) is 0 Å². The van der Waals surface area contributed by atoms with Crippen LogP contribution >= 0.6 is 0 Å². The van der Waals surface area contributed by atoms with Crippen molar-refractivity contribution in [3.05, 3.63) is 0 Å². The first-order valence-corrected chi connectivity index (χ1v) is 4.87. The molecule has 0 heterocycles. The molecule has 0 aromatic rings. The van der Waals surface area contributed by atoms with E-state index in [0.29, 0.717) is 11.7 Å². The van der Waals surface area contributed by atoms with Crippen molar-refractivity contribution in [2.24, 2.45) is 5.92 Å². The molecular formula is C10H19NO. The zero-order chi connectivity index (χ0) is 8.97. The van der Waals surface area contributed by atoms with Crippen LogP contribution < -0.4 is 0 Å². The molecule has 1 fully saturated rings. The summed E-state index contributed by atoms with van der Waals surface area (Å²) >= 11 is 0. The second-order valence-corrected chi connectivity index (χ2v) is 4.00. The van der Waals surface area contributed by atoms with Gasteiger partial charge in [-0.1, -0.05) is 12.8 Å². The second-order valence-electron chi connectivity index (χ2n) is 4.00. The van der Waals surface area contributed by atoms with Crippen molar-refractivity contribution in [3.63, 3.8) is 0 Å². The minimum atomic E-state index is 0.407. The molecule has 0 bridgehead atoms. The fraction of sp³-hybridized carbons (Fsp3) is 0.900. The number of hydrogen-bond acceptors (Lipinski definition) is 2. The van der Waals surface area contributed by atoms with Crippen LogP contribution in [0.3, 0.4) is 0 Å². The molecule has 0 amide bonds. The summed E-state index contributed by atoms with van der Waals surface area (Å²) < 4.78 is 0. The molecule has 70 valence electrons. The summed E-state index contributed by atoms with van der Waals surface area (Å²) in [5.41, 5.74) is 0. The molecule has 1 aliphatic carbocycles. The lowest BCUT2D eigenvalue weighted by Gasteiger charge is -2.11. The Kier molecular flexibility index (Phi) is 3.73. The van der Waals surface area contributed by atoms with E-state index in [9.17, 15) is 4.79 Å². The van der Waals surface area contributed by atoms with Crippen LogP contribution in [0.4, 0.5) is 0 Å². The zero-order valence-electron chi connectivity index (χ0n) is 8.18. The highest BCUT2D eigenvalue weighted by atomic mass is 16.1. The van der Waals surface area contributed by atoms with Gasteiger partial charge in [-0.05, 0) is 26.9 Å². The molecule has 1 saturated carbocycles. The standard InChI is InChI=1S/C10H19NO/c1-11(2)8-7-10(12)9-5-3-4-6-9/h9H,3-8H2,1-2H3. The fourth-order valence-corrected chi connectivity index (χ4v) is 1.79. The van der Waals surface area contributed by atoms with Gasteiger partial charge in [0.05, 0.1) is 0 Å². The number of ketones is 1. The third kappa shape index (κ3) is 2.94. The molecule has 0 atom stereocenters. The maximum Gasteiger partial charge on any atom is 0.137 e. The van der Waals surface area contributed by atoms with Gasteiger partial charge in [0.15, 0.2) is 0 Å². The maximum atomic E-state index is 11.5. The number of carbonyl (C=O) groups is 1. The minimum Gasteiger partial charge on any atom is -0.309 e. The number of rotatable bonds is 4. The van der Waals surface area contributed by atoms with Gasteiger partial charge in [-0.3, -0.25) is 4.79 Å². The number of hydrogen-bond donors (Lipinski definition) is 0. The van der Waals surface area contributed by atoms with E-state index in [0.717, 1.165) is 25.8 Å². The van der Waals surface area contributed by atoms with Gasteiger partial charge in [-0.25, -0.2) is 0 Å². The molecule has 12 heavy (non-hydrogen) atoms. The highest BCUT2D eigenvalue weighted by molar-refractivity contribution is 5.81. The van der Waals surface area contributed by atoms with E-state index in [4.69, 9.17) is 0 Å². The van der Waals surface area contributed by atoms with Crippen LogP contribution in [0, 0.1) is 5.92 Å². The minimum absolute atomic E-state index is 0.407. The van der Waals surface area contributed by atoms with Crippen molar-refractivity contribution in [2.75, 3.05) is 20.6 Å². The van der Waals surface area contributed by atoms with Crippen LogP contribution in [0.1, 0.15) is 32.1 Å². The van der Waals surface area contributed by atoms with Gasteiger partial charge < -0.3 is 4.90 Å². The van der Waals surface area contributed by atoms with E-state index >= 15 is 0 Å². The first kappa shape index (κ1) is 9.72. The Balaban J connectivity index is 2.18. The van der Waals surface area contributed by atoms with Gasteiger partial charge in [0.25, 0.3) is 0 Å². The molecule has 0 N–H and O–H groups in total. The Morgan fingerprint density at radius 3 is 2.42 bits per heavy atom. The first-order valence-electron chi connectivity index (χ1n) is 4.87. The summed E-state index contributed by atoms with van der Waals surface area (Å²) in [5.74, 6) is 0.895. The molecule has 2 heteroatoms. The smallest absolute Gasteiger partial charge is 0.137 e. The number of carbonyl (C=O) groups excluding carboxylic acids is 1. The first-order chi connectivity index (χ1) is 5.70. The third-order valence-corrected chi connectivity index (χ3v) is 2.62. The summed E-state index contributed by atoms with van der Waals surface area (Å²) in [5, 5.41) is 0. The number of Topliss-reactive ketones (excluding diaryl/α,β-unsaturated/α-hetero) is 1. The molecular weight excluding hydrogens is 150 g/mol. The van der Waals surface area contributed by atoms with E-state index in [1.807, 2.05) is 14.1 Å². The second kappa shape index (κ2) is 4.61. The molecule has 0 saturated heterocycles. The Morgan fingerprint density at radius 2 is 1.92 bits per heavy atom. The lowest BCUT2D eigenvalue weighted by atomic mass is 10.0. The molecule has 1 aliphatic rings. The quantitative estimate of drug-likeness (QED) is 0.638. The van der Waals surface area contributed by atoms with E-state index in [-0.39, 0.29) is 0 Å². The predicted octanol–water partition coefficient (Wildman–Crippen LogP) is 1.70. The topological polar surface area (TPSA) is 20.3 Å². The van der Waals surface area contributed by atoms with Crippen LogP contribution in [0.5, 0.6) is 0 Å².